The average Bonchev–Trinajstić information content (AvgIpc) is 2.76. The molecule has 0 radical (unpaired) electrons. The molecular formula is C22H26NO2+. The Morgan fingerprint density at radius 1 is 0.920 bits per heavy atom. The zero-order chi connectivity index (χ0) is 18.5. The van der Waals surface area contributed by atoms with E-state index in [-0.39, 0.29) is 11.5 Å². The van der Waals surface area contributed by atoms with Gasteiger partial charge in [-0.15, -0.1) is 0 Å². The highest BCUT2D eigenvalue weighted by molar-refractivity contribution is 5.88. The Kier molecular flexibility index (Phi) is 4.06. The van der Waals surface area contributed by atoms with Gasteiger partial charge in [-0.05, 0) is 49.8 Å². The maximum absolute atomic E-state index is 12.6. The predicted molar refractivity (Wildman–Crippen MR) is 102 cm³/mol. The van der Waals surface area contributed by atoms with Gasteiger partial charge in [-0.3, -0.25) is 0 Å². The highest BCUT2D eigenvalue weighted by atomic mass is 16.6. The van der Waals surface area contributed by atoms with E-state index in [1.807, 2.05) is 12.3 Å². The third-order valence-corrected chi connectivity index (χ3v) is 4.66. The summed E-state index contributed by atoms with van der Waals surface area (Å²) >= 11 is 0. The third kappa shape index (κ3) is 3.11. The molecule has 0 aromatic heterocycles. The first kappa shape index (κ1) is 17.4. The van der Waals surface area contributed by atoms with Crippen LogP contribution in [0.4, 0.5) is 10.5 Å². The molecule has 0 aliphatic carbocycles. The number of hydrogen-bond donors (Lipinski definition) is 0. The van der Waals surface area contributed by atoms with E-state index in [1.165, 1.54) is 5.56 Å². The van der Waals surface area contributed by atoms with Crippen LogP contribution in [0.1, 0.15) is 54.2 Å². The maximum Gasteiger partial charge on any atom is 0.608 e. The normalized spacial score (nSPS) is 15.5. The summed E-state index contributed by atoms with van der Waals surface area (Å²) in [5.41, 5.74) is 7.51. The van der Waals surface area contributed by atoms with Crippen molar-refractivity contribution in [3.05, 3.63) is 57.6 Å². The standard InChI is InChI=1S/C22H26NO2/c1-13-8-15(3)17(16(4)9-13)12-23-19-11-14(2)10-18(22(5,6)7)20(19)25-21(23)24/h8-12H,1-7H3/q+1/b23-12+. The molecule has 1 heterocycles. The summed E-state index contributed by atoms with van der Waals surface area (Å²) in [6.07, 6.45) is 1.56. The Morgan fingerprint density at radius 3 is 2.04 bits per heavy atom. The van der Waals surface area contributed by atoms with Gasteiger partial charge in [-0.2, -0.15) is 4.79 Å². The zero-order valence-electron chi connectivity index (χ0n) is 16.2. The number of fused-ring (bicyclic) bond motifs is 1. The first-order valence-electron chi connectivity index (χ1n) is 8.67. The molecule has 1 aliphatic rings. The van der Waals surface area contributed by atoms with Crippen LogP contribution in [0.25, 0.3) is 0 Å². The van der Waals surface area contributed by atoms with E-state index in [0.717, 1.165) is 33.5 Å². The Labute approximate surface area is 150 Å². The minimum absolute atomic E-state index is 0.0952. The van der Waals surface area contributed by atoms with Crippen LogP contribution >= 0.6 is 0 Å². The minimum Gasteiger partial charge on any atom is -0.365 e. The van der Waals surface area contributed by atoms with Crippen LogP contribution in [0, 0.1) is 27.7 Å². The number of nitrogens with zero attached hydrogens (tertiary/aromatic N) is 1. The smallest absolute Gasteiger partial charge is 0.365 e. The molecule has 2 aromatic rings. The lowest BCUT2D eigenvalue weighted by Gasteiger charge is -2.20. The summed E-state index contributed by atoms with van der Waals surface area (Å²) in [5, 5.41) is 0. The lowest BCUT2D eigenvalue weighted by molar-refractivity contribution is -0.328. The van der Waals surface area contributed by atoms with Crippen molar-refractivity contribution in [3.63, 3.8) is 0 Å². The van der Waals surface area contributed by atoms with Crippen LogP contribution in [0.2, 0.25) is 0 Å². The summed E-state index contributed by atoms with van der Waals surface area (Å²) < 4.78 is 7.30. The molecule has 0 bridgehead atoms. The van der Waals surface area contributed by atoms with Crippen molar-refractivity contribution in [1.29, 1.82) is 0 Å². The molecule has 1 aliphatic heterocycles. The zero-order valence-corrected chi connectivity index (χ0v) is 16.2. The second-order valence-corrected chi connectivity index (χ2v) is 8.09. The maximum atomic E-state index is 12.6. The topological polar surface area (TPSA) is 29.3 Å². The highest BCUT2D eigenvalue weighted by Gasteiger charge is 2.40. The third-order valence-electron chi connectivity index (χ3n) is 4.66. The van der Waals surface area contributed by atoms with E-state index >= 15 is 0 Å². The lowest BCUT2D eigenvalue weighted by Crippen LogP contribution is -2.15. The lowest BCUT2D eigenvalue weighted by atomic mass is 9.85. The summed E-state index contributed by atoms with van der Waals surface area (Å²) in [4.78, 5) is 12.6. The Morgan fingerprint density at radius 2 is 1.48 bits per heavy atom. The molecule has 2 aromatic carbocycles. The minimum atomic E-state index is -0.342. The molecule has 130 valence electrons. The van der Waals surface area contributed by atoms with Gasteiger partial charge >= 0.3 is 6.09 Å². The quantitative estimate of drug-likeness (QED) is 0.644. The number of amides is 1. The predicted octanol–water partition coefficient (Wildman–Crippen LogP) is 5.49. The summed E-state index contributed by atoms with van der Waals surface area (Å²) in [6, 6.07) is 8.40. The fraction of sp³-hybridized carbons (Fsp3) is 0.364. The second kappa shape index (κ2) is 5.83. The van der Waals surface area contributed by atoms with Crippen molar-refractivity contribution in [2.75, 3.05) is 0 Å². The summed E-state index contributed by atoms with van der Waals surface area (Å²) in [5.74, 6) is 0.682. The first-order chi connectivity index (χ1) is 11.6. The number of carbonyl (C=O) groups excluding carboxylic acids is 1. The van der Waals surface area contributed by atoms with E-state index in [1.54, 1.807) is 4.58 Å². The van der Waals surface area contributed by atoms with E-state index in [2.05, 4.69) is 66.7 Å². The molecule has 3 heteroatoms. The van der Waals surface area contributed by atoms with Crippen LogP contribution < -0.4 is 4.74 Å². The molecule has 0 saturated carbocycles. The van der Waals surface area contributed by atoms with Crippen LogP contribution in [-0.4, -0.2) is 16.9 Å². The number of ether oxygens (including phenoxy) is 1. The molecule has 0 N–H and O–H groups in total. The van der Waals surface area contributed by atoms with E-state index in [9.17, 15) is 4.79 Å². The number of carbonyl (C=O) groups is 1. The van der Waals surface area contributed by atoms with Gasteiger partial charge in [-0.25, -0.2) is 0 Å². The van der Waals surface area contributed by atoms with Gasteiger partial charge in [0.15, 0.2) is 6.21 Å². The van der Waals surface area contributed by atoms with Crippen LogP contribution in [-0.2, 0) is 5.41 Å². The molecular weight excluding hydrogens is 310 g/mol. The molecule has 0 spiro atoms. The van der Waals surface area contributed by atoms with Crippen LogP contribution in [0.3, 0.4) is 0 Å². The fourth-order valence-corrected chi connectivity index (χ4v) is 3.48. The number of hydrogen-bond acceptors (Lipinski definition) is 2. The molecule has 0 saturated heterocycles. The molecule has 3 nitrogen and oxygen atoms in total. The van der Waals surface area contributed by atoms with Gasteiger partial charge in [-0.1, -0.05) is 49.1 Å². The molecule has 25 heavy (non-hydrogen) atoms. The van der Waals surface area contributed by atoms with Crippen molar-refractivity contribution in [2.45, 2.75) is 53.9 Å². The van der Waals surface area contributed by atoms with Gasteiger partial charge in [0.05, 0.1) is 0 Å². The first-order valence-corrected chi connectivity index (χ1v) is 8.67. The van der Waals surface area contributed by atoms with Crippen molar-refractivity contribution < 1.29 is 14.1 Å². The Hall–Kier alpha value is -2.42. The van der Waals surface area contributed by atoms with Gasteiger partial charge < -0.3 is 4.74 Å². The van der Waals surface area contributed by atoms with E-state index in [0.29, 0.717) is 5.75 Å². The Balaban J connectivity index is 2.23. The van der Waals surface area contributed by atoms with Crippen molar-refractivity contribution in [1.82, 2.24) is 0 Å². The number of aryl methyl sites for hydroxylation is 4. The van der Waals surface area contributed by atoms with Crippen LogP contribution in [0.5, 0.6) is 5.75 Å². The van der Waals surface area contributed by atoms with E-state index in [4.69, 9.17) is 4.74 Å². The van der Waals surface area contributed by atoms with Gasteiger partial charge in [0.25, 0.3) is 5.69 Å². The number of benzene rings is 2. The largest absolute Gasteiger partial charge is 0.608 e. The monoisotopic (exact) mass is 336 g/mol. The molecule has 0 unspecified atom stereocenters. The molecule has 1 amide bonds. The van der Waals surface area contributed by atoms with Crippen molar-refractivity contribution in [2.24, 2.45) is 0 Å². The van der Waals surface area contributed by atoms with E-state index < -0.39 is 0 Å². The Bertz CT molecular complexity index is 891. The van der Waals surface area contributed by atoms with Crippen molar-refractivity contribution >= 4 is 18.0 Å². The average molecular weight is 336 g/mol. The number of rotatable bonds is 1. The second-order valence-electron chi connectivity index (χ2n) is 8.09. The summed E-state index contributed by atoms with van der Waals surface area (Å²) in [6.45, 7) is 14.7. The SMILES string of the molecule is Cc1cc(C)c(/C=[N+]2/C(=O)Oc3c2cc(C)cc3C(C)(C)C)c(C)c1. The van der Waals surface area contributed by atoms with Gasteiger partial charge in [0.2, 0.25) is 5.75 Å². The summed E-state index contributed by atoms with van der Waals surface area (Å²) in [7, 11) is 0. The molecule has 0 atom stereocenters. The van der Waals surface area contributed by atoms with Gasteiger partial charge in [0.1, 0.15) is 0 Å². The molecule has 0 fully saturated rings. The molecule has 3 rings (SSSR count). The highest BCUT2D eigenvalue weighted by Crippen LogP contribution is 2.43. The fourth-order valence-electron chi connectivity index (χ4n) is 3.48. The van der Waals surface area contributed by atoms with Crippen LogP contribution in [0.15, 0.2) is 24.3 Å². The van der Waals surface area contributed by atoms with Crippen molar-refractivity contribution in [3.8, 4) is 5.75 Å². The van der Waals surface area contributed by atoms with Gasteiger partial charge in [0, 0.05) is 17.2 Å².